The van der Waals surface area contributed by atoms with Crippen LogP contribution in [-0.2, 0) is 14.8 Å². The van der Waals surface area contributed by atoms with Crippen molar-refractivity contribution in [2.24, 2.45) is 0 Å². The number of anilines is 1. The number of furan rings is 1. The summed E-state index contributed by atoms with van der Waals surface area (Å²) in [5, 5.41) is 3.60. The molecular formula is C19H20N2O5S. The van der Waals surface area contributed by atoms with Gasteiger partial charge in [0.05, 0.1) is 11.5 Å². The Morgan fingerprint density at radius 2 is 1.81 bits per heavy atom. The van der Waals surface area contributed by atoms with E-state index in [9.17, 15) is 13.2 Å². The molecule has 1 heterocycles. The SMILES string of the molecule is COCCNS(=O)(=O)c1ccc(NC(=O)c2oc3ccccc3c2C)cc1. The Bertz CT molecular complexity index is 1060. The molecule has 1 amide bonds. The van der Waals surface area contributed by atoms with Crippen LogP contribution in [0.15, 0.2) is 57.8 Å². The van der Waals surface area contributed by atoms with E-state index in [-0.39, 0.29) is 23.8 Å². The number of methoxy groups -OCH3 is 1. The van der Waals surface area contributed by atoms with Gasteiger partial charge in [0, 0.05) is 30.3 Å². The van der Waals surface area contributed by atoms with Crippen LogP contribution in [0.2, 0.25) is 0 Å². The Kier molecular flexibility index (Phi) is 5.59. The number of aryl methyl sites for hydroxylation is 1. The highest BCUT2D eigenvalue weighted by atomic mass is 32.2. The number of sulfonamides is 1. The lowest BCUT2D eigenvalue weighted by atomic mass is 10.1. The van der Waals surface area contributed by atoms with Crippen LogP contribution in [0, 0.1) is 6.92 Å². The van der Waals surface area contributed by atoms with E-state index in [0.29, 0.717) is 11.3 Å². The number of hydrogen-bond acceptors (Lipinski definition) is 5. The number of amides is 1. The largest absolute Gasteiger partial charge is 0.451 e. The van der Waals surface area contributed by atoms with E-state index in [1.165, 1.54) is 31.4 Å². The molecule has 2 aromatic carbocycles. The second-order valence-corrected chi connectivity index (χ2v) is 7.69. The number of fused-ring (bicyclic) bond motifs is 1. The first-order chi connectivity index (χ1) is 12.9. The zero-order chi connectivity index (χ0) is 19.4. The molecule has 0 radical (unpaired) electrons. The van der Waals surface area contributed by atoms with Gasteiger partial charge in [-0.25, -0.2) is 13.1 Å². The summed E-state index contributed by atoms with van der Waals surface area (Å²) in [6.45, 7) is 2.29. The molecule has 3 aromatic rings. The van der Waals surface area contributed by atoms with E-state index in [4.69, 9.17) is 9.15 Å². The fraction of sp³-hybridized carbons (Fsp3) is 0.211. The highest BCUT2D eigenvalue weighted by Crippen LogP contribution is 2.25. The first-order valence-electron chi connectivity index (χ1n) is 8.30. The average molecular weight is 388 g/mol. The summed E-state index contributed by atoms with van der Waals surface area (Å²) in [6, 6.07) is 13.3. The van der Waals surface area contributed by atoms with Crippen LogP contribution in [0.5, 0.6) is 0 Å². The third-order valence-electron chi connectivity index (χ3n) is 4.07. The maximum atomic E-state index is 12.5. The van der Waals surface area contributed by atoms with Crippen molar-refractivity contribution in [1.82, 2.24) is 4.72 Å². The predicted octanol–water partition coefficient (Wildman–Crippen LogP) is 2.92. The molecule has 0 saturated carbocycles. The summed E-state index contributed by atoms with van der Waals surface area (Å²) in [5.74, 6) is -0.161. The number of para-hydroxylation sites is 1. The number of nitrogens with one attached hydrogen (secondary N) is 2. The molecule has 7 nitrogen and oxygen atoms in total. The van der Waals surface area contributed by atoms with Gasteiger partial charge in [-0.3, -0.25) is 4.79 Å². The summed E-state index contributed by atoms with van der Waals surface area (Å²) in [5.41, 5.74) is 1.86. The van der Waals surface area contributed by atoms with E-state index in [0.717, 1.165) is 10.9 Å². The number of rotatable bonds is 7. The van der Waals surface area contributed by atoms with E-state index < -0.39 is 15.9 Å². The normalized spacial score (nSPS) is 11.6. The highest BCUT2D eigenvalue weighted by Gasteiger charge is 2.18. The van der Waals surface area contributed by atoms with Crippen LogP contribution in [-0.4, -0.2) is 34.6 Å². The van der Waals surface area contributed by atoms with Crippen LogP contribution < -0.4 is 10.0 Å². The van der Waals surface area contributed by atoms with Gasteiger partial charge in [-0.05, 0) is 37.3 Å². The van der Waals surface area contributed by atoms with Crippen molar-refractivity contribution in [2.75, 3.05) is 25.6 Å². The number of benzene rings is 2. The summed E-state index contributed by atoms with van der Waals surface area (Å²) in [4.78, 5) is 12.6. The minimum Gasteiger partial charge on any atom is -0.451 e. The molecule has 0 aliphatic carbocycles. The fourth-order valence-electron chi connectivity index (χ4n) is 2.66. The molecule has 142 valence electrons. The summed E-state index contributed by atoms with van der Waals surface area (Å²) in [7, 11) is -2.12. The van der Waals surface area contributed by atoms with E-state index in [2.05, 4.69) is 10.0 Å². The summed E-state index contributed by atoms with van der Waals surface area (Å²) in [6.07, 6.45) is 0. The van der Waals surface area contributed by atoms with Gasteiger partial charge < -0.3 is 14.5 Å². The monoisotopic (exact) mass is 388 g/mol. The van der Waals surface area contributed by atoms with Gasteiger partial charge in [0.25, 0.3) is 5.91 Å². The van der Waals surface area contributed by atoms with Gasteiger partial charge in [-0.2, -0.15) is 0 Å². The molecular weight excluding hydrogens is 368 g/mol. The molecule has 2 N–H and O–H groups in total. The molecule has 0 aliphatic rings. The molecule has 1 aromatic heterocycles. The fourth-order valence-corrected chi connectivity index (χ4v) is 3.67. The standard InChI is InChI=1S/C19H20N2O5S/c1-13-16-5-3-4-6-17(16)26-18(13)19(22)21-14-7-9-15(10-8-14)27(23,24)20-11-12-25-2/h3-10,20H,11-12H2,1-2H3,(H,21,22). The molecule has 0 unspecified atom stereocenters. The minimum absolute atomic E-state index is 0.108. The lowest BCUT2D eigenvalue weighted by molar-refractivity contribution is 0.0998. The lowest BCUT2D eigenvalue weighted by Crippen LogP contribution is -2.27. The van der Waals surface area contributed by atoms with Crippen molar-refractivity contribution in [3.05, 3.63) is 59.9 Å². The van der Waals surface area contributed by atoms with E-state index >= 15 is 0 Å². The molecule has 0 aliphatic heterocycles. The molecule has 8 heteroatoms. The molecule has 0 fully saturated rings. The predicted molar refractivity (Wildman–Crippen MR) is 102 cm³/mol. The third kappa shape index (κ3) is 4.19. The van der Waals surface area contributed by atoms with Crippen molar-refractivity contribution in [1.29, 1.82) is 0 Å². The Morgan fingerprint density at radius 3 is 2.48 bits per heavy atom. The van der Waals surface area contributed by atoms with Crippen molar-refractivity contribution >= 4 is 32.6 Å². The summed E-state index contributed by atoms with van der Waals surface area (Å²) < 4.78 is 37.2. The quantitative estimate of drug-likeness (QED) is 0.607. The van der Waals surface area contributed by atoms with E-state index in [1.54, 1.807) is 6.07 Å². The van der Waals surface area contributed by atoms with Crippen molar-refractivity contribution < 1.29 is 22.4 Å². The molecule has 0 bridgehead atoms. The third-order valence-corrected chi connectivity index (χ3v) is 5.55. The van der Waals surface area contributed by atoms with Crippen LogP contribution in [0.4, 0.5) is 5.69 Å². The van der Waals surface area contributed by atoms with Crippen molar-refractivity contribution in [3.8, 4) is 0 Å². The molecule has 27 heavy (non-hydrogen) atoms. The van der Waals surface area contributed by atoms with Gasteiger partial charge >= 0.3 is 0 Å². The Labute approximate surface area is 157 Å². The maximum absolute atomic E-state index is 12.5. The van der Waals surface area contributed by atoms with Crippen molar-refractivity contribution in [2.45, 2.75) is 11.8 Å². The van der Waals surface area contributed by atoms with Gasteiger partial charge in [-0.15, -0.1) is 0 Å². The summed E-state index contributed by atoms with van der Waals surface area (Å²) >= 11 is 0. The van der Waals surface area contributed by atoms with Gasteiger partial charge in [0.2, 0.25) is 10.0 Å². The average Bonchev–Trinajstić information content (AvgIpc) is 2.99. The molecule has 0 spiro atoms. The first kappa shape index (κ1) is 19.1. The van der Waals surface area contributed by atoms with Crippen LogP contribution >= 0.6 is 0 Å². The van der Waals surface area contributed by atoms with Crippen LogP contribution in [0.25, 0.3) is 11.0 Å². The first-order valence-corrected chi connectivity index (χ1v) is 9.79. The zero-order valence-electron chi connectivity index (χ0n) is 15.0. The highest BCUT2D eigenvalue weighted by molar-refractivity contribution is 7.89. The van der Waals surface area contributed by atoms with Gasteiger partial charge in [0.1, 0.15) is 5.58 Å². The van der Waals surface area contributed by atoms with Gasteiger partial charge in [-0.1, -0.05) is 18.2 Å². The Morgan fingerprint density at radius 1 is 1.11 bits per heavy atom. The zero-order valence-corrected chi connectivity index (χ0v) is 15.8. The van der Waals surface area contributed by atoms with Gasteiger partial charge in [0.15, 0.2) is 5.76 Å². The smallest absolute Gasteiger partial charge is 0.291 e. The second kappa shape index (κ2) is 7.91. The van der Waals surface area contributed by atoms with Crippen LogP contribution in [0.1, 0.15) is 16.1 Å². The molecule has 3 rings (SSSR count). The Hall–Kier alpha value is -2.68. The minimum atomic E-state index is -3.62. The van der Waals surface area contributed by atoms with E-state index in [1.807, 2.05) is 25.1 Å². The lowest BCUT2D eigenvalue weighted by Gasteiger charge is -2.08. The number of carbonyl (C=O) groups is 1. The van der Waals surface area contributed by atoms with Crippen molar-refractivity contribution in [3.63, 3.8) is 0 Å². The number of hydrogen-bond donors (Lipinski definition) is 2. The molecule has 0 atom stereocenters. The number of carbonyl (C=O) groups excluding carboxylic acids is 1. The second-order valence-electron chi connectivity index (χ2n) is 5.92. The number of ether oxygens (including phenoxy) is 1. The molecule has 0 saturated heterocycles. The Balaban J connectivity index is 1.74. The maximum Gasteiger partial charge on any atom is 0.291 e. The van der Waals surface area contributed by atoms with Crippen LogP contribution in [0.3, 0.4) is 0 Å². The topological polar surface area (TPSA) is 97.6 Å².